The van der Waals surface area contributed by atoms with E-state index in [2.05, 4.69) is 24.2 Å². The Labute approximate surface area is 126 Å². The van der Waals surface area contributed by atoms with Gasteiger partial charge in [-0.2, -0.15) is 0 Å². The van der Waals surface area contributed by atoms with Crippen molar-refractivity contribution in [3.63, 3.8) is 0 Å². The summed E-state index contributed by atoms with van der Waals surface area (Å²) in [5, 5.41) is 4.36. The van der Waals surface area contributed by atoms with Crippen LogP contribution in [0.25, 0.3) is 0 Å². The lowest BCUT2D eigenvalue weighted by Gasteiger charge is -2.36. The predicted molar refractivity (Wildman–Crippen MR) is 85.4 cm³/mol. The number of ether oxygens (including phenoxy) is 1. The van der Waals surface area contributed by atoms with Crippen LogP contribution >= 0.6 is 11.3 Å². The van der Waals surface area contributed by atoms with Crippen molar-refractivity contribution in [1.82, 2.24) is 10.3 Å². The Balaban J connectivity index is 2.15. The van der Waals surface area contributed by atoms with Crippen LogP contribution in [0.1, 0.15) is 43.2 Å². The number of rotatable bonds is 6. The minimum absolute atomic E-state index is 0.599. The van der Waals surface area contributed by atoms with Crippen LogP contribution < -0.4 is 10.2 Å². The van der Waals surface area contributed by atoms with E-state index in [4.69, 9.17) is 9.72 Å². The molecule has 0 amide bonds. The lowest BCUT2D eigenvalue weighted by atomic mass is 9.85. The van der Waals surface area contributed by atoms with Crippen molar-refractivity contribution < 1.29 is 4.74 Å². The second-order valence-electron chi connectivity index (χ2n) is 5.77. The van der Waals surface area contributed by atoms with Gasteiger partial charge in [0.2, 0.25) is 0 Å². The van der Waals surface area contributed by atoms with E-state index in [1.54, 1.807) is 18.4 Å². The molecule has 1 aromatic rings. The normalized spacial score (nSPS) is 23.0. The molecule has 1 aliphatic carbocycles. The first-order valence-electron chi connectivity index (χ1n) is 7.52. The van der Waals surface area contributed by atoms with Gasteiger partial charge >= 0.3 is 0 Å². The molecule has 2 atom stereocenters. The SMILES string of the molecule is CNCc1sc(N(C)C2CCCCC2C)nc1COC. The van der Waals surface area contributed by atoms with Gasteiger partial charge in [0.25, 0.3) is 0 Å². The van der Waals surface area contributed by atoms with Gasteiger partial charge in [-0.15, -0.1) is 11.3 Å². The topological polar surface area (TPSA) is 37.4 Å². The van der Waals surface area contributed by atoms with Crippen LogP contribution in [0, 0.1) is 5.92 Å². The number of hydrogen-bond acceptors (Lipinski definition) is 5. The van der Waals surface area contributed by atoms with E-state index in [9.17, 15) is 0 Å². The van der Waals surface area contributed by atoms with Crippen LogP contribution in [-0.2, 0) is 17.9 Å². The molecule has 1 aromatic heterocycles. The van der Waals surface area contributed by atoms with Crippen molar-refractivity contribution in [1.29, 1.82) is 0 Å². The Morgan fingerprint density at radius 1 is 1.40 bits per heavy atom. The van der Waals surface area contributed by atoms with Crippen LogP contribution in [0.2, 0.25) is 0 Å². The molecule has 0 bridgehead atoms. The van der Waals surface area contributed by atoms with Gasteiger partial charge < -0.3 is 15.0 Å². The van der Waals surface area contributed by atoms with Gasteiger partial charge in [-0.1, -0.05) is 19.8 Å². The fourth-order valence-corrected chi connectivity index (χ4v) is 4.18. The van der Waals surface area contributed by atoms with Crippen LogP contribution in [0.5, 0.6) is 0 Å². The van der Waals surface area contributed by atoms with Gasteiger partial charge in [-0.3, -0.25) is 0 Å². The summed E-state index contributed by atoms with van der Waals surface area (Å²) in [6, 6.07) is 0.632. The number of nitrogens with one attached hydrogen (secondary N) is 1. The molecular formula is C15H27N3OS. The number of thiazole rings is 1. The average Bonchev–Trinajstić information content (AvgIpc) is 2.83. The number of nitrogens with zero attached hydrogens (tertiary/aromatic N) is 2. The quantitative estimate of drug-likeness (QED) is 0.876. The summed E-state index contributed by atoms with van der Waals surface area (Å²) in [5.74, 6) is 0.760. The molecule has 0 aliphatic heterocycles. The zero-order chi connectivity index (χ0) is 14.5. The standard InChI is InChI=1S/C15H27N3OS/c1-11-7-5-6-8-13(11)18(3)15-17-12(10-19-4)14(20-15)9-16-2/h11,13,16H,5-10H2,1-4H3. The summed E-state index contributed by atoms with van der Waals surface area (Å²) < 4.78 is 5.27. The predicted octanol–water partition coefficient (Wildman–Crippen LogP) is 3.02. The maximum atomic E-state index is 5.27. The highest BCUT2D eigenvalue weighted by Gasteiger charge is 2.27. The van der Waals surface area contributed by atoms with Crippen LogP contribution in [-0.4, -0.2) is 32.2 Å². The molecule has 1 fully saturated rings. The lowest BCUT2D eigenvalue weighted by Crippen LogP contribution is -2.38. The van der Waals surface area contributed by atoms with Crippen molar-refractivity contribution in [2.24, 2.45) is 5.92 Å². The maximum absolute atomic E-state index is 5.27. The molecule has 0 saturated heterocycles. The van der Waals surface area contributed by atoms with E-state index in [-0.39, 0.29) is 0 Å². The molecule has 0 aromatic carbocycles. The number of methoxy groups -OCH3 is 1. The van der Waals surface area contributed by atoms with E-state index < -0.39 is 0 Å². The van der Waals surface area contributed by atoms with Crippen molar-refractivity contribution >= 4 is 16.5 Å². The molecule has 1 heterocycles. The van der Waals surface area contributed by atoms with Crippen molar-refractivity contribution in [3.05, 3.63) is 10.6 Å². The van der Waals surface area contributed by atoms with Gasteiger partial charge in [0.1, 0.15) is 0 Å². The molecule has 0 spiro atoms. The summed E-state index contributed by atoms with van der Waals surface area (Å²) in [6.45, 7) is 3.84. The van der Waals surface area contributed by atoms with Crippen molar-refractivity contribution in [2.75, 3.05) is 26.1 Å². The van der Waals surface area contributed by atoms with Crippen LogP contribution in [0.4, 0.5) is 5.13 Å². The van der Waals surface area contributed by atoms with Gasteiger partial charge in [0.05, 0.1) is 12.3 Å². The molecule has 2 rings (SSSR count). The molecule has 4 nitrogen and oxygen atoms in total. The van der Waals surface area contributed by atoms with Crippen molar-refractivity contribution in [3.8, 4) is 0 Å². The van der Waals surface area contributed by atoms with Gasteiger partial charge in [0.15, 0.2) is 5.13 Å². The molecule has 1 N–H and O–H groups in total. The van der Waals surface area contributed by atoms with Crippen molar-refractivity contribution in [2.45, 2.75) is 51.8 Å². The highest BCUT2D eigenvalue weighted by molar-refractivity contribution is 7.15. The molecule has 114 valence electrons. The lowest BCUT2D eigenvalue weighted by molar-refractivity contribution is 0.181. The minimum atomic E-state index is 0.599. The van der Waals surface area contributed by atoms with Gasteiger partial charge in [-0.05, 0) is 25.8 Å². The smallest absolute Gasteiger partial charge is 0.185 e. The first-order valence-corrected chi connectivity index (χ1v) is 8.34. The maximum Gasteiger partial charge on any atom is 0.185 e. The summed E-state index contributed by atoms with van der Waals surface area (Å²) in [4.78, 5) is 8.49. The molecule has 2 unspecified atom stereocenters. The second-order valence-corrected chi connectivity index (χ2v) is 6.83. The zero-order valence-electron chi connectivity index (χ0n) is 13.1. The van der Waals surface area contributed by atoms with E-state index in [1.807, 2.05) is 7.05 Å². The highest BCUT2D eigenvalue weighted by atomic mass is 32.1. The summed E-state index contributed by atoms with van der Waals surface area (Å²) in [7, 11) is 5.91. The van der Waals surface area contributed by atoms with E-state index in [0.717, 1.165) is 23.3 Å². The second kappa shape index (κ2) is 7.38. The van der Waals surface area contributed by atoms with Crippen LogP contribution in [0.3, 0.4) is 0 Å². The number of hydrogen-bond donors (Lipinski definition) is 1. The average molecular weight is 297 g/mol. The number of anilines is 1. The third-order valence-electron chi connectivity index (χ3n) is 4.25. The molecule has 20 heavy (non-hydrogen) atoms. The first kappa shape index (κ1) is 15.7. The fourth-order valence-electron chi connectivity index (χ4n) is 3.08. The summed E-state index contributed by atoms with van der Waals surface area (Å²) in [5.41, 5.74) is 1.08. The molecule has 0 radical (unpaired) electrons. The van der Waals surface area contributed by atoms with E-state index in [0.29, 0.717) is 12.6 Å². The molecule has 1 aliphatic rings. The minimum Gasteiger partial charge on any atom is -0.378 e. The van der Waals surface area contributed by atoms with Crippen LogP contribution in [0.15, 0.2) is 0 Å². The van der Waals surface area contributed by atoms with E-state index in [1.165, 1.54) is 30.6 Å². The number of aromatic nitrogens is 1. The highest BCUT2D eigenvalue weighted by Crippen LogP contribution is 2.33. The molecule has 1 saturated carbocycles. The fraction of sp³-hybridized carbons (Fsp3) is 0.800. The Hall–Kier alpha value is -0.650. The van der Waals surface area contributed by atoms with E-state index >= 15 is 0 Å². The Bertz CT molecular complexity index is 398. The summed E-state index contributed by atoms with van der Waals surface area (Å²) in [6.07, 6.45) is 5.36. The zero-order valence-corrected chi connectivity index (χ0v) is 13.9. The largest absolute Gasteiger partial charge is 0.378 e. The Morgan fingerprint density at radius 2 is 2.15 bits per heavy atom. The third-order valence-corrected chi connectivity index (χ3v) is 5.44. The summed E-state index contributed by atoms with van der Waals surface area (Å²) >= 11 is 1.80. The Kier molecular flexibility index (Phi) is 5.81. The molecular weight excluding hydrogens is 270 g/mol. The first-order chi connectivity index (χ1) is 9.67. The molecule has 5 heteroatoms. The monoisotopic (exact) mass is 297 g/mol. The van der Waals surface area contributed by atoms with Gasteiger partial charge in [0, 0.05) is 31.6 Å². The third kappa shape index (κ3) is 3.51. The van der Waals surface area contributed by atoms with Gasteiger partial charge in [-0.25, -0.2) is 4.98 Å². The Morgan fingerprint density at radius 3 is 2.80 bits per heavy atom.